The summed E-state index contributed by atoms with van der Waals surface area (Å²) in [6.07, 6.45) is 0. The van der Waals surface area contributed by atoms with Crippen molar-refractivity contribution in [3.05, 3.63) is 65.0 Å². The lowest BCUT2D eigenvalue weighted by atomic mass is 9.96. The van der Waals surface area contributed by atoms with Crippen molar-refractivity contribution in [1.29, 1.82) is 0 Å². The van der Waals surface area contributed by atoms with Crippen LogP contribution in [0.1, 0.15) is 44.9 Å². The third-order valence-corrected chi connectivity index (χ3v) is 3.30. The summed E-state index contributed by atoms with van der Waals surface area (Å²) >= 11 is 0. The molecule has 0 saturated heterocycles. The van der Waals surface area contributed by atoms with Gasteiger partial charge in [-0.3, -0.25) is 4.79 Å². The largest absolute Gasteiger partial charge is 0.478 e. The van der Waals surface area contributed by atoms with E-state index in [2.05, 4.69) is 10.3 Å². The Kier molecular flexibility index (Phi) is 4.33. The molecule has 5 nitrogen and oxygen atoms in total. The fraction of sp³-hybridized carbons (Fsp3) is 0.188. The van der Waals surface area contributed by atoms with Crippen molar-refractivity contribution in [2.75, 3.05) is 7.05 Å². The molecule has 1 atom stereocenters. The van der Waals surface area contributed by atoms with E-state index in [9.17, 15) is 14.7 Å². The van der Waals surface area contributed by atoms with Gasteiger partial charge < -0.3 is 10.4 Å². The Morgan fingerprint density at radius 3 is 2.43 bits per heavy atom. The number of carboxylic acid groups (broad SMARTS) is 1. The van der Waals surface area contributed by atoms with Crippen LogP contribution in [0.15, 0.2) is 42.5 Å². The van der Waals surface area contributed by atoms with Crippen molar-refractivity contribution in [2.24, 2.45) is 0 Å². The molecule has 0 fully saturated rings. The fourth-order valence-electron chi connectivity index (χ4n) is 2.05. The first kappa shape index (κ1) is 14.7. The number of nitrogens with zero attached hydrogens (tertiary/aromatic N) is 1. The van der Waals surface area contributed by atoms with E-state index < -0.39 is 11.9 Å². The van der Waals surface area contributed by atoms with Crippen LogP contribution in [0.2, 0.25) is 0 Å². The Morgan fingerprint density at radius 1 is 1.19 bits per heavy atom. The van der Waals surface area contributed by atoms with Crippen LogP contribution in [0, 0.1) is 0 Å². The van der Waals surface area contributed by atoms with Crippen LogP contribution in [-0.4, -0.2) is 29.0 Å². The molecule has 0 bridgehead atoms. The maximum atomic E-state index is 11.7. The molecular weight excluding hydrogens is 268 g/mol. The number of amides is 1. The SMILES string of the molecule is CNC(=O)c1cc(C(=O)O)cc([C@H](C)c2ccccc2)n1. The van der Waals surface area contributed by atoms with E-state index in [4.69, 9.17) is 0 Å². The Bertz CT molecular complexity index is 668. The number of benzene rings is 1. The van der Waals surface area contributed by atoms with Gasteiger partial charge in [0, 0.05) is 18.7 Å². The number of nitrogens with one attached hydrogen (secondary N) is 1. The zero-order valence-electron chi connectivity index (χ0n) is 11.8. The van der Waals surface area contributed by atoms with E-state index in [0.29, 0.717) is 5.69 Å². The van der Waals surface area contributed by atoms with Crippen molar-refractivity contribution >= 4 is 11.9 Å². The summed E-state index contributed by atoms with van der Waals surface area (Å²) in [5.74, 6) is -1.59. The number of carbonyl (C=O) groups is 2. The molecule has 0 aliphatic carbocycles. The standard InChI is InChI=1S/C16H16N2O3/c1-10(11-6-4-3-5-7-11)13-8-12(16(20)21)9-14(18-13)15(19)17-2/h3-10H,1-2H3,(H,17,19)(H,20,21)/t10-/m1/s1. The molecular formula is C16H16N2O3. The Balaban J connectivity index is 2.50. The van der Waals surface area contributed by atoms with Gasteiger partial charge in [-0.2, -0.15) is 0 Å². The first-order valence-electron chi connectivity index (χ1n) is 6.55. The van der Waals surface area contributed by atoms with Gasteiger partial charge in [0.25, 0.3) is 5.91 Å². The van der Waals surface area contributed by atoms with Crippen LogP contribution in [-0.2, 0) is 0 Å². The number of hydrogen-bond acceptors (Lipinski definition) is 3. The minimum atomic E-state index is -1.08. The zero-order valence-corrected chi connectivity index (χ0v) is 11.8. The molecule has 2 N–H and O–H groups in total. The van der Waals surface area contributed by atoms with Crippen molar-refractivity contribution in [3.63, 3.8) is 0 Å². The smallest absolute Gasteiger partial charge is 0.335 e. The monoisotopic (exact) mass is 284 g/mol. The van der Waals surface area contributed by atoms with Crippen LogP contribution < -0.4 is 5.32 Å². The highest BCUT2D eigenvalue weighted by atomic mass is 16.4. The van der Waals surface area contributed by atoms with Crippen LogP contribution in [0.5, 0.6) is 0 Å². The molecule has 0 unspecified atom stereocenters. The van der Waals surface area contributed by atoms with Gasteiger partial charge >= 0.3 is 5.97 Å². The second-order valence-corrected chi connectivity index (χ2v) is 4.68. The molecule has 1 aromatic heterocycles. The summed E-state index contributed by atoms with van der Waals surface area (Å²) in [5, 5.41) is 11.6. The summed E-state index contributed by atoms with van der Waals surface area (Å²) in [5.41, 5.74) is 1.73. The molecule has 108 valence electrons. The molecule has 0 aliphatic rings. The van der Waals surface area contributed by atoms with E-state index in [1.165, 1.54) is 19.2 Å². The van der Waals surface area contributed by atoms with Gasteiger partial charge in [-0.15, -0.1) is 0 Å². The number of rotatable bonds is 4. The van der Waals surface area contributed by atoms with Crippen LogP contribution in [0.25, 0.3) is 0 Å². The second kappa shape index (κ2) is 6.17. The molecule has 1 amide bonds. The van der Waals surface area contributed by atoms with Crippen LogP contribution in [0.3, 0.4) is 0 Å². The number of hydrogen-bond donors (Lipinski definition) is 2. The number of aromatic carboxylic acids is 1. The van der Waals surface area contributed by atoms with Gasteiger partial charge in [0.2, 0.25) is 0 Å². The third-order valence-electron chi connectivity index (χ3n) is 3.30. The van der Waals surface area contributed by atoms with E-state index in [1.54, 1.807) is 0 Å². The molecule has 0 aliphatic heterocycles. The number of aromatic nitrogens is 1. The fourth-order valence-corrected chi connectivity index (χ4v) is 2.05. The zero-order chi connectivity index (χ0) is 15.4. The molecule has 2 aromatic rings. The first-order chi connectivity index (χ1) is 10.0. The Hall–Kier alpha value is -2.69. The molecule has 0 spiro atoms. The van der Waals surface area contributed by atoms with Crippen molar-refractivity contribution in [3.8, 4) is 0 Å². The number of carbonyl (C=O) groups excluding carboxylic acids is 1. The van der Waals surface area contributed by atoms with Crippen molar-refractivity contribution in [2.45, 2.75) is 12.8 Å². The summed E-state index contributed by atoms with van der Waals surface area (Å²) in [6.45, 7) is 1.93. The minimum absolute atomic E-state index is 0.0568. The average Bonchev–Trinajstić information content (AvgIpc) is 2.53. The van der Waals surface area contributed by atoms with E-state index >= 15 is 0 Å². The van der Waals surface area contributed by atoms with Gasteiger partial charge in [-0.05, 0) is 17.7 Å². The van der Waals surface area contributed by atoms with Crippen LogP contribution >= 0.6 is 0 Å². The normalized spacial score (nSPS) is 11.7. The lowest BCUT2D eigenvalue weighted by Crippen LogP contribution is -2.21. The minimum Gasteiger partial charge on any atom is -0.478 e. The molecule has 1 aromatic carbocycles. The lowest BCUT2D eigenvalue weighted by molar-refractivity contribution is 0.0696. The summed E-state index contributed by atoms with van der Waals surface area (Å²) < 4.78 is 0. The Morgan fingerprint density at radius 2 is 1.86 bits per heavy atom. The van der Waals surface area contributed by atoms with E-state index in [-0.39, 0.29) is 17.2 Å². The molecule has 5 heteroatoms. The average molecular weight is 284 g/mol. The van der Waals surface area contributed by atoms with Crippen molar-refractivity contribution < 1.29 is 14.7 Å². The van der Waals surface area contributed by atoms with E-state index in [1.807, 2.05) is 37.3 Å². The van der Waals surface area contributed by atoms with E-state index in [0.717, 1.165) is 5.56 Å². The van der Waals surface area contributed by atoms with Gasteiger partial charge in [-0.1, -0.05) is 37.3 Å². The quantitative estimate of drug-likeness (QED) is 0.902. The van der Waals surface area contributed by atoms with Crippen LogP contribution in [0.4, 0.5) is 0 Å². The highest BCUT2D eigenvalue weighted by Crippen LogP contribution is 2.23. The topological polar surface area (TPSA) is 79.3 Å². The Labute approximate surface area is 122 Å². The molecule has 0 saturated carbocycles. The summed E-state index contributed by atoms with van der Waals surface area (Å²) in [6, 6.07) is 12.4. The predicted octanol–water partition coefficient (Wildman–Crippen LogP) is 2.29. The summed E-state index contributed by atoms with van der Waals surface area (Å²) in [4.78, 5) is 27.2. The van der Waals surface area contributed by atoms with Gasteiger partial charge in [0.15, 0.2) is 0 Å². The number of carboxylic acids is 1. The maximum absolute atomic E-state index is 11.7. The molecule has 1 heterocycles. The molecule has 2 rings (SSSR count). The number of pyridine rings is 1. The van der Waals surface area contributed by atoms with Crippen molar-refractivity contribution in [1.82, 2.24) is 10.3 Å². The highest BCUT2D eigenvalue weighted by molar-refractivity contribution is 5.95. The predicted molar refractivity (Wildman–Crippen MR) is 78.5 cm³/mol. The third kappa shape index (κ3) is 3.25. The first-order valence-corrected chi connectivity index (χ1v) is 6.55. The molecule has 0 radical (unpaired) electrons. The van der Waals surface area contributed by atoms with Gasteiger partial charge in [0.05, 0.1) is 5.56 Å². The summed E-state index contributed by atoms with van der Waals surface area (Å²) in [7, 11) is 1.48. The lowest BCUT2D eigenvalue weighted by Gasteiger charge is -2.13. The maximum Gasteiger partial charge on any atom is 0.335 e. The highest BCUT2D eigenvalue weighted by Gasteiger charge is 2.17. The second-order valence-electron chi connectivity index (χ2n) is 4.68. The molecule has 21 heavy (non-hydrogen) atoms. The van der Waals surface area contributed by atoms with Gasteiger partial charge in [0.1, 0.15) is 5.69 Å². The van der Waals surface area contributed by atoms with Gasteiger partial charge in [-0.25, -0.2) is 9.78 Å².